The van der Waals surface area contributed by atoms with Crippen molar-refractivity contribution in [3.8, 4) is 5.75 Å². The number of hydrogen-bond donors (Lipinski definition) is 0. The standard InChI is InChI=1S/C24H21FN2O6S/c1-31-10-2-9-27-22(28)19-8-3-15(11-20(19)23(27)29)24(30)33-12-17-14-34-21(26-17)13-32-18-6-4-16(25)5-7-18/h3-8,11,14H,2,9-10,12-13H2,1H3. The monoisotopic (exact) mass is 484 g/mol. The zero-order valence-electron chi connectivity index (χ0n) is 18.3. The number of esters is 1. The van der Waals surface area contributed by atoms with E-state index in [1.165, 1.54) is 53.8 Å². The summed E-state index contributed by atoms with van der Waals surface area (Å²) >= 11 is 1.35. The minimum Gasteiger partial charge on any atom is -0.486 e. The maximum atomic E-state index is 13.0. The molecular formula is C24H21FN2O6S. The molecule has 0 unspecified atom stereocenters. The molecule has 0 radical (unpaired) electrons. The lowest BCUT2D eigenvalue weighted by Crippen LogP contribution is -2.31. The lowest BCUT2D eigenvalue weighted by atomic mass is 10.1. The predicted octanol–water partition coefficient (Wildman–Crippen LogP) is 3.85. The fraction of sp³-hybridized carbons (Fsp3) is 0.250. The molecule has 0 bridgehead atoms. The summed E-state index contributed by atoms with van der Waals surface area (Å²) in [4.78, 5) is 43.1. The number of hydrogen-bond acceptors (Lipinski definition) is 8. The summed E-state index contributed by atoms with van der Waals surface area (Å²) in [6, 6.07) is 9.99. The van der Waals surface area contributed by atoms with Crippen molar-refractivity contribution in [2.24, 2.45) is 0 Å². The Morgan fingerprint density at radius 3 is 2.59 bits per heavy atom. The molecule has 2 amide bonds. The Morgan fingerprint density at radius 2 is 1.82 bits per heavy atom. The highest BCUT2D eigenvalue weighted by Crippen LogP contribution is 2.25. The van der Waals surface area contributed by atoms with Crippen LogP contribution in [0.15, 0.2) is 47.8 Å². The highest BCUT2D eigenvalue weighted by molar-refractivity contribution is 7.09. The first-order valence-electron chi connectivity index (χ1n) is 10.4. The number of ether oxygens (including phenoxy) is 3. The van der Waals surface area contributed by atoms with Crippen LogP contribution < -0.4 is 4.74 Å². The van der Waals surface area contributed by atoms with E-state index in [4.69, 9.17) is 14.2 Å². The van der Waals surface area contributed by atoms with Crippen LogP contribution in [0.5, 0.6) is 5.75 Å². The lowest BCUT2D eigenvalue weighted by Gasteiger charge is -2.12. The van der Waals surface area contributed by atoms with Crippen molar-refractivity contribution < 1.29 is 33.0 Å². The van der Waals surface area contributed by atoms with E-state index in [-0.39, 0.29) is 48.2 Å². The third kappa shape index (κ3) is 5.29. The Labute approximate surface area is 198 Å². The first kappa shape index (κ1) is 23.5. The van der Waals surface area contributed by atoms with Gasteiger partial charge >= 0.3 is 5.97 Å². The van der Waals surface area contributed by atoms with Crippen molar-refractivity contribution in [3.63, 3.8) is 0 Å². The first-order chi connectivity index (χ1) is 16.5. The van der Waals surface area contributed by atoms with E-state index in [9.17, 15) is 18.8 Å². The van der Waals surface area contributed by atoms with Crippen LogP contribution in [-0.2, 0) is 22.7 Å². The molecule has 1 aliphatic rings. The van der Waals surface area contributed by atoms with Crippen LogP contribution in [0, 0.1) is 5.82 Å². The second kappa shape index (κ2) is 10.5. The van der Waals surface area contributed by atoms with Crippen LogP contribution in [0.4, 0.5) is 4.39 Å². The van der Waals surface area contributed by atoms with Gasteiger partial charge in [-0.1, -0.05) is 0 Å². The summed E-state index contributed by atoms with van der Waals surface area (Å²) in [6.07, 6.45) is 0.529. The third-order valence-electron chi connectivity index (χ3n) is 5.06. The number of nitrogens with zero attached hydrogens (tertiary/aromatic N) is 2. The van der Waals surface area contributed by atoms with Crippen LogP contribution >= 0.6 is 11.3 Å². The molecular weight excluding hydrogens is 463 g/mol. The topological polar surface area (TPSA) is 95.0 Å². The van der Waals surface area contributed by atoms with Gasteiger partial charge in [-0.15, -0.1) is 11.3 Å². The van der Waals surface area contributed by atoms with Crippen LogP contribution in [0.3, 0.4) is 0 Å². The number of amides is 2. The maximum absolute atomic E-state index is 13.0. The average molecular weight is 485 g/mol. The molecule has 0 atom stereocenters. The lowest BCUT2D eigenvalue weighted by molar-refractivity contribution is 0.0467. The second-order valence-electron chi connectivity index (χ2n) is 7.42. The predicted molar refractivity (Wildman–Crippen MR) is 120 cm³/mol. The summed E-state index contributed by atoms with van der Waals surface area (Å²) in [5.74, 6) is -1.26. The Kier molecular flexibility index (Phi) is 7.29. The molecule has 2 heterocycles. The Bertz CT molecular complexity index is 1210. The number of imide groups is 1. The van der Waals surface area contributed by atoms with Crippen molar-refractivity contribution in [3.05, 3.63) is 81.1 Å². The molecule has 0 N–H and O–H groups in total. The Morgan fingerprint density at radius 1 is 1.06 bits per heavy atom. The van der Waals surface area contributed by atoms with E-state index >= 15 is 0 Å². The van der Waals surface area contributed by atoms with Gasteiger partial charge in [0.15, 0.2) is 0 Å². The summed E-state index contributed by atoms with van der Waals surface area (Å²) < 4.78 is 28.8. The number of halogens is 1. The van der Waals surface area contributed by atoms with Crippen molar-refractivity contribution >= 4 is 29.1 Å². The van der Waals surface area contributed by atoms with Crippen molar-refractivity contribution in [2.45, 2.75) is 19.6 Å². The number of methoxy groups -OCH3 is 1. The van der Waals surface area contributed by atoms with Gasteiger partial charge in [0.1, 0.15) is 29.8 Å². The molecule has 34 heavy (non-hydrogen) atoms. The van der Waals surface area contributed by atoms with Crippen LogP contribution in [0.1, 0.15) is 48.2 Å². The largest absolute Gasteiger partial charge is 0.486 e. The number of fused-ring (bicyclic) bond motifs is 1. The number of carbonyl (C=O) groups is 3. The SMILES string of the molecule is COCCCN1C(=O)c2ccc(C(=O)OCc3csc(COc4ccc(F)cc4)n3)cc2C1=O. The number of aromatic nitrogens is 1. The molecule has 4 rings (SSSR count). The molecule has 0 aliphatic carbocycles. The molecule has 1 aliphatic heterocycles. The smallest absolute Gasteiger partial charge is 0.338 e. The molecule has 0 saturated heterocycles. The minimum atomic E-state index is -0.627. The van der Waals surface area contributed by atoms with Gasteiger partial charge in [0.05, 0.1) is 22.4 Å². The van der Waals surface area contributed by atoms with Crippen LogP contribution in [-0.4, -0.2) is 47.9 Å². The molecule has 8 nitrogen and oxygen atoms in total. The van der Waals surface area contributed by atoms with Crippen LogP contribution in [0.2, 0.25) is 0 Å². The number of carbonyl (C=O) groups excluding carboxylic acids is 3. The summed E-state index contributed by atoms with van der Waals surface area (Å²) in [5.41, 5.74) is 1.18. The highest BCUT2D eigenvalue weighted by atomic mass is 32.1. The molecule has 1 aromatic heterocycles. The molecule has 0 spiro atoms. The van der Waals surface area contributed by atoms with Crippen LogP contribution in [0.25, 0.3) is 0 Å². The van der Waals surface area contributed by atoms with E-state index in [1.54, 1.807) is 12.5 Å². The Balaban J connectivity index is 1.32. The quantitative estimate of drug-likeness (QED) is 0.245. The summed E-state index contributed by atoms with van der Waals surface area (Å²) in [5, 5.41) is 2.42. The van der Waals surface area contributed by atoms with Gasteiger partial charge in [0, 0.05) is 25.6 Å². The average Bonchev–Trinajstić information content (AvgIpc) is 3.40. The fourth-order valence-corrected chi connectivity index (χ4v) is 4.06. The molecule has 2 aromatic carbocycles. The first-order valence-corrected chi connectivity index (χ1v) is 11.3. The van der Waals surface area contributed by atoms with Gasteiger partial charge in [-0.25, -0.2) is 14.2 Å². The van der Waals surface area contributed by atoms with Gasteiger partial charge in [-0.05, 0) is 48.9 Å². The van der Waals surface area contributed by atoms with E-state index < -0.39 is 11.9 Å². The van der Waals surface area contributed by atoms with E-state index in [0.29, 0.717) is 29.5 Å². The normalized spacial score (nSPS) is 12.7. The minimum absolute atomic E-state index is 0.0566. The zero-order chi connectivity index (χ0) is 24.1. The number of benzene rings is 2. The summed E-state index contributed by atoms with van der Waals surface area (Å²) in [6.45, 7) is 0.823. The molecule has 0 saturated carbocycles. The van der Waals surface area contributed by atoms with E-state index in [0.717, 1.165) is 4.90 Å². The summed E-state index contributed by atoms with van der Waals surface area (Å²) in [7, 11) is 1.55. The van der Waals surface area contributed by atoms with E-state index in [1.807, 2.05) is 0 Å². The third-order valence-corrected chi connectivity index (χ3v) is 5.93. The maximum Gasteiger partial charge on any atom is 0.338 e. The molecule has 0 fully saturated rings. The van der Waals surface area contributed by atoms with Crippen molar-refractivity contribution in [1.82, 2.24) is 9.88 Å². The molecule has 176 valence electrons. The molecule has 3 aromatic rings. The van der Waals surface area contributed by atoms with Gasteiger partial charge in [-0.2, -0.15) is 0 Å². The van der Waals surface area contributed by atoms with Gasteiger partial charge < -0.3 is 14.2 Å². The Hall–Kier alpha value is -3.63. The van der Waals surface area contributed by atoms with Crippen molar-refractivity contribution in [1.29, 1.82) is 0 Å². The number of thiazole rings is 1. The van der Waals surface area contributed by atoms with Gasteiger partial charge in [0.2, 0.25) is 0 Å². The second-order valence-corrected chi connectivity index (χ2v) is 8.36. The van der Waals surface area contributed by atoms with Crippen molar-refractivity contribution in [2.75, 3.05) is 20.3 Å². The van der Waals surface area contributed by atoms with Gasteiger partial charge in [0.25, 0.3) is 11.8 Å². The van der Waals surface area contributed by atoms with E-state index in [2.05, 4.69) is 4.98 Å². The van der Waals surface area contributed by atoms with Gasteiger partial charge in [-0.3, -0.25) is 14.5 Å². The highest BCUT2D eigenvalue weighted by Gasteiger charge is 2.35. The zero-order valence-corrected chi connectivity index (χ0v) is 19.1. The fourth-order valence-electron chi connectivity index (χ4n) is 3.37. The number of rotatable bonds is 10. The molecule has 10 heteroatoms.